The van der Waals surface area contributed by atoms with Crippen molar-refractivity contribution in [3.05, 3.63) is 64.7 Å². The van der Waals surface area contributed by atoms with E-state index in [-0.39, 0.29) is 17.9 Å². The van der Waals surface area contributed by atoms with Crippen LogP contribution in [-0.2, 0) is 16.1 Å². The fraction of sp³-hybridized carbons (Fsp3) is 0.481. The lowest BCUT2D eigenvalue weighted by Crippen LogP contribution is -2.51. The number of thioether (sulfide) groups is 1. The highest BCUT2D eigenvalue weighted by atomic mass is 35.5. The summed E-state index contributed by atoms with van der Waals surface area (Å²) in [6.07, 6.45) is 6.61. The topological polar surface area (TPSA) is 49.4 Å². The van der Waals surface area contributed by atoms with Gasteiger partial charge in [-0.15, -0.1) is 11.8 Å². The van der Waals surface area contributed by atoms with Gasteiger partial charge in [0.25, 0.3) is 0 Å². The predicted octanol–water partition coefficient (Wildman–Crippen LogP) is 6.39. The number of rotatable bonds is 10. The fourth-order valence-electron chi connectivity index (χ4n) is 4.37. The molecule has 1 aliphatic rings. The minimum Gasteiger partial charge on any atom is -0.352 e. The second kappa shape index (κ2) is 13.0. The molecule has 1 fully saturated rings. The van der Waals surface area contributed by atoms with E-state index in [1.165, 1.54) is 6.42 Å². The molecular formula is C27H35ClN2O2S. The van der Waals surface area contributed by atoms with E-state index in [1.807, 2.05) is 49.4 Å². The molecule has 1 atom stereocenters. The van der Waals surface area contributed by atoms with Gasteiger partial charge in [0.15, 0.2) is 0 Å². The first-order valence-electron chi connectivity index (χ1n) is 12.0. The lowest BCUT2D eigenvalue weighted by molar-refractivity contribution is -0.141. The normalized spacial score (nSPS) is 15.1. The fourth-order valence-corrected chi connectivity index (χ4v) is 5.33. The van der Waals surface area contributed by atoms with Crippen molar-refractivity contribution in [2.45, 2.75) is 82.3 Å². The van der Waals surface area contributed by atoms with Gasteiger partial charge in [-0.1, -0.05) is 62.1 Å². The minimum atomic E-state index is -0.459. The van der Waals surface area contributed by atoms with Gasteiger partial charge in [-0.05, 0) is 61.6 Å². The zero-order valence-electron chi connectivity index (χ0n) is 19.7. The summed E-state index contributed by atoms with van der Waals surface area (Å²) < 4.78 is 0. The molecule has 4 nitrogen and oxygen atoms in total. The van der Waals surface area contributed by atoms with Crippen LogP contribution in [0, 0.1) is 6.92 Å². The number of nitrogens with zero attached hydrogens (tertiary/aromatic N) is 1. The van der Waals surface area contributed by atoms with Gasteiger partial charge in [0.2, 0.25) is 11.8 Å². The van der Waals surface area contributed by atoms with Crippen LogP contribution in [0.3, 0.4) is 0 Å². The number of amides is 2. The van der Waals surface area contributed by atoms with Crippen molar-refractivity contribution in [1.82, 2.24) is 10.2 Å². The zero-order chi connectivity index (χ0) is 23.6. The summed E-state index contributed by atoms with van der Waals surface area (Å²) in [5.74, 6) is 0.660. The van der Waals surface area contributed by atoms with Gasteiger partial charge in [0.1, 0.15) is 6.04 Å². The van der Waals surface area contributed by atoms with Crippen LogP contribution in [0.15, 0.2) is 53.4 Å². The van der Waals surface area contributed by atoms with Crippen LogP contribution in [0.25, 0.3) is 0 Å². The number of halogens is 1. The number of hydrogen-bond acceptors (Lipinski definition) is 3. The first kappa shape index (κ1) is 25.6. The smallest absolute Gasteiger partial charge is 0.243 e. The molecule has 6 heteroatoms. The van der Waals surface area contributed by atoms with Gasteiger partial charge < -0.3 is 10.2 Å². The summed E-state index contributed by atoms with van der Waals surface area (Å²) in [7, 11) is 0. The lowest BCUT2D eigenvalue weighted by Gasteiger charge is -2.33. The number of carbonyl (C=O) groups is 2. The SMILES string of the molecule is CC[C@H](C(=O)NC1CCCCC1)N(Cc1ccccc1C)C(=O)CCSc1ccc(Cl)cc1. The Morgan fingerprint density at radius 1 is 1.09 bits per heavy atom. The van der Waals surface area contributed by atoms with Crippen LogP contribution in [0.1, 0.15) is 63.0 Å². The van der Waals surface area contributed by atoms with E-state index in [2.05, 4.69) is 18.3 Å². The van der Waals surface area contributed by atoms with Crippen molar-refractivity contribution in [3.63, 3.8) is 0 Å². The van der Waals surface area contributed by atoms with Crippen molar-refractivity contribution in [2.24, 2.45) is 0 Å². The molecule has 3 rings (SSSR count). The second-order valence-corrected chi connectivity index (χ2v) is 10.4. The Balaban J connectivity index is 1.70. The maximum absolute atomic E-state index is 13.4. The number of hydrogen-bond donors (Lipinski definition) is 1. The van der Waals surface area contributed by atoms with E-state index in [9.17, 15) is 9.59 Å². The molecule has 2 aromatic rings. The van der Waals surface area contributed by atoms with Crippen molar-refractivity contribution in [1.29, 1.82) is 0 Å². The summed E-state index contributed by atoms with van der Waals surface area (Å²) in [6, 6.07) is 15.5. The van der Waals surface area contributed by atoms with E-state index < -0.39 is 6.04 Å². The van der Waals surface area contributed by atoms with Crippen LogP contribution < -0.4 is 5.32 Å². The molecule has 2 aromatic carbocycles. The number of benzene rings is 2. The van der Waals surface area contributed by atoms with E-state index >= 15 is 0 Å². The molecule has 0 aliphatic heterocycles. The third kappa shape index (κ3) is 7.79. The third-order valence-electron chi connectivity index (χ3n) is 6.34. The largest absolute Gasteiger partial charge is 0.352 e. The predicted molar refractivity (Wildman–Crippen MR) is 138 cm³/mol. The third-order valence-corrected chi connectivity index (χ3v) is 7.60. The Hall–Kier alpha value is -1.98. The van der Waals surface area contributed by atoms with E-state index in [0.717, 1.165) is 41.7 Å². The number of aryl methyl sites for hydroxylation is 1. The molecule has 1 aliphatic carbocycles. The molecule has 0 aromatic heterocycles. The number of carbonyl (C=O) groups excluding carboxylic acids is 2. The van der Waals surface area contributed by atoms with Crippen molar-refractivity contribution in [2.75, 3.05) is 5.75 Å². The second-order valence-electron chi connectivity index (χ2n) is 8.77. The van der Waals surface area contributed by atoms with E-state index in [0.29, 0.717) is 30.2 Å². The summed E-state index contributed by atoms with van der Waals surface area (Å²) in [6.45, 7) is 4.50. The van der Waals surface area contributed by atoms with E-state index in [4.69, 9.17) is 11.6 Å². The van der Waals surface area contributed by atoms with Gasteiger partial charge >= 0.3 is 0 Å². The van der Waals surface area contributed by atoms with Gasteiger partial charge in [-0.25, -0.2) is 0 Å². The Bertz CT molecular complexity index is 913. The molecule has 0 bridgehead atoms. The van der Waals surface area contributed by atoms with Gasteiger partial charge in [0.05, 0.1) is 0 Å². The maximum Gasteiger partial charge on any atom is 0.243 e. The standard InChI is InChI=1S/C27H35ClN2O2S/c1-3-25(27(32)29-23-11-5-4-6-12-23)30(19-21-10-8-7-9-20(21)2)26(31)17-18-33-24-15-13-22(28)14-16-24/h7-10,13-16,23,25H,3-6,11-12,17-19H2,1-2H3,(H,29,32)/t25-/m1/s1. The molecule has 178 valence electrons. The molecular weight excluding hydrogens is 452 g/mol. The maximum atomic E-state index is 13.4. The van der Waals surface area contributed by atoms with Gasteiger partial charge in [0, 0.05) is 34.7 Å². The van der Waals surface area contributed by atoms with Crippen LogP contribution in [0.2, 0.25) is 5.02 Å². The molecule has 0 unspecified atom stereocenters. The van der Waals surface area contributed by atoms with Crippen LogP contribution in [-0.4, -0.2) is 34.6 Å². The first-order valence-corrected chi connectivity index (χ1v) is 13.4. The van der Waals surface area contributed by atoms with Crippen LogP contribution >= 0.6 is 23.4 Å². The highest BCUT2D eigenvalue weighted by Crippen LogP contribution is 2.23. The molecule has 1 N–H and O–H groups in total. The average Bonchev–Trinajstić information content (AvgIpc) is 2.82. The van der Waals surface area contributed by atoms with Crippen LogP contribution in [0.5, 0.6) is 0 Å². The van der Waals surface area contributed by atoms with Crippen molar-refractivity contribution >= 4 is 35.2 Å². The quantitative estimate of drug-likeness (QED) is 0.396. The van der Waals surface area contributed by atoms with Crippen molar-refractivity contribution < 1.29 is 9.59 Å². The first-order chi connectivity index (χ1) is 16.0. The zero-order valence-corrected chi connectivity index (χ0v) is 21.3. The highest BCUT2D eigenvalue weighted by Gasteiger charge is 2.30. The summed E-state index contributed by atoms with van der Waals surface area (Å²) in [4.78, 5) is 29.6. The number of nitrogens with one attached hydrogen (secondary N) is 1. The summed E-state index contributed by atoms with van der Waals surface area (Å²) in [5, 5.41) is 3.95. The van der Waals surface area contributed by atoms with Gasteiger partial charge in [-0.2, -0.15) is 0 Å². The molecule has 33 heavy (non-hydrogen) atoms. The summed E-state index contributed by atoms with van der Waals surface area (Å²) >= 11 is 7.60. The van der Waals surface area contributed by atoms with Gasteiger partial charge in [-0.3, -0.25) is 9.59 Å². The minimum absolute atomic E-state index is 0.0170. The highest BCUT2D eigenvalue weighted by molar-refractivity contribution is 7.99. The molecule has 2 amide bonds. The van der Waals surface area contributed by atoms with Crippen LogP contribution in [0.4, 0.5) is 0 Å². The van der Waals surface area contributed by atoms with Crippen molar-refractivity contribution in [3.8, 4) is 0 Å². The van der Waals surface area contributed by atoms with E-state index in [1.54, 1.807) is 16.7 Å². The molecule has 0 radical (unpaired) electrons. The Morgan fingerprint density at radius 2 is 1.79 bits per heavy atom. The summed E-state index contributed by atoms with van der Waals surface area (Å²) in [5.41, 5.74) is 2.22. The average molecular weight is 487 g/mol. The lowest BCUT2D eigenvalue weighted by atomic mass is 9.95. The Kier molecular flexibility index (Phi) is 10.1. The Morgan fingerprint density at radius 3 is 2.45 bits per heavy atom. The Labute approximate surface area is 207 Å². The molecule has 0 heterocycles. The molecule has 0 spiro atoms. The monoisotopic (exact) mass is 486 g/mol. The molecule has 0 saturated heterocycles. The molecule has 1 saturated carbocycles.